The average molecular weight is 166 g/mol. The van der Waals surface area contributed by atoms with Crippen LogP contribution in [-0.2, 0) is 0 Å². The number of nitrogens with one attached hydrogen (secondary N) is 1. The smallest absolute Gasteiger partial charge is 0.0873 e. The van der Waals surface area contributed by atoms with Crippen LogP contribution in [0.25, 0.3) is 0 Å². The van der Waals surface area contributed by atoms with Gasteiger partial charge in [-0.05, 0) is 6.92 Å². The first-order chi connectivity index (χ1) is 5.73. The minimum atomic E-state index is 0.167. The van der Waals surface area contributed by atoms with E-state index in [1.807, 2.05) is 50.2 Å². The molecule has 68 valence electrons. The van der Waals surface area contributed by atoms with Gasteiger partial charge in [0.25, 0.3) is 0 Å². The van der Waals surface area contributed by atoms with Crippen molar-refractivity contribution in [1.82, 2.24) is 0 Å². The molecule has 2 nitrogen and oxygen atoms in total. The Morgan fingerprint density at radius 1 is 0.917 bits per heavy atom. The maximum Gasteiger partial charge on any atom is 0.0873 e. The van der Waals surface area contributed by atoms with Gasteiger partial charge in [-0.1, -0.05) is 50.2 Å². The van der Waals surface area contributed by atoms with Crippen LogP contribution in [0.15, 0.2) is 36.4 Å². The number of benzene rings is 1. The topological polar surface area (TPSA) is 49.9 Å². The fourth-order valence-corrected chi connectivity index (χ4v) is 0.385. The first-order valence-corrected chi connectivity index (χ1v) is 4.04. The lowest BCUT2D eigenvalue weighted by molar-refractivity contribution is 1.42. The SMILES string of the molecule is CC.CC(=N)N.c1ccccc1. The highest BCUT2D eigenvalue weighted by Crippen LogP contribution is 1.79. The van der Waals surface area contributed by atoms with Crippen LogP contribution >= 0.6 is 0 Å². The van der Waals surface area contributed by atoms with Crippen molar-refractivity contribution in [1.29, 1.82) is 5.41 Å². The summed E-state index contributed by atoms with van der Waals surface area (Å²) >= 11 is 0. The fraction of sp³-hybridized carbons (Fsp3) is 0.300. The second-order valence-corrected chi connectivity index (χ2v) is 1.84. The molecule has 0 aliphatic rings. The lowest BCUT2D eigenvalue weighted by atomic mass is 10.4. The zero-order valence-corrected chi connectivity index (χ0v) is 8.04. The van der Waals surface area contributed by atoms with E-state index >= 15 is 0 Å². The first-order valence-electron chi connectivity index (χ1n) is 4.04. The maximum absolute atomic E-state index is 6.28. The number of rotatable bonds is 0. The Morgan fingerprint density at radius 2 is 1.00 bits per heavy atom. The van der Waals surface area contributed by atoms with E-state index in [2.05, 4.69) is 0 Å². The minimum Gasteiger partial charge on any atom is -0.388 e. The van der Waals surface area contributed by atoms with E-state index in [0.717, 1.165) is 0 Å². The lowest BCUT2D eigenvalue weighted by Gasteiger charge is -1.69. The van der Waals surface area contributed by atoms with Gasteiger partial charge in [-0.25, -0.2) is 0 Å². The van der Waals surface area contributed by atoms with Crippen molar-refractivity contribution in [2.45, 2.75) is 20.8 Å². The molecule has 0 aromatic heterocycles. The number of hydrogen-bond donors (Lipinski definition) is 2. The van der Waals surface area contributed by atoms with Crippen molar-refractivity contribution < 1.29 is 0 Å². The molecule has 0 radical (unpaired) electrons. The van der Waals surface area contributed by atoms with Gasteiger partial charge in [0.05, 0.1) is 5.84 Å². The minimum absolute atomic E-state index is 0.167. The summed E-state index contributed by atoms with van der Waals surface area (Å²) in [6.07, 6.45) is 0. The van der Waals surface area contributed by atoms with E-state index in [4.69, 9.17) is 11.1 Å². The lowest BCUT2D eigenvalue weighted by Crippen LogP contribution is -2.00. The molecule has 1 rings (SSSR count). The Labute approximate surface area is 74.9 Å². The van der Waals surface area contributed by atoms with Crippen LogP contribution < -0.4 is 5.73 Å². The van der Waals surface area contributed by atoms with Gasteiger partial charge in [0.2, 0.25) is 0 Å². The van der Waals surface area contributed by atoms with E-state index in [-0.39, 0.29) is 5.84 Å². The van der Waals surface area contributed by atoms with Gasteiger partial charge in [-0.3, -0.25) is 5.41 Å². The van der Waals surface area contributed by atoms with Crippen LogP contribution in [0.4, 0.5) is 0 Å². The Morgan fingerprint density at radius 3 is 1.08 bits per heavy atom. The first kappa shape index (κ1) is 13.3. The molecule has 1 aromatic rings. The van der Waals surface area contributed by atoms with Crippen molar-refractivity contribution in [3.05, 3.63) is 36.4 Å². The molecule has 0 atom stereocenters. The molecule has 0 saturated heterocycles. The van der Waals surface area contributed by atoms with E-state index in [0.29, 0.717) is 0 Å². The third-order valence-corrected chi connectivity index (χ3v) is 0.667. The normalized spacial score (nSPS) is 6.58. The monoisotopic (exact) mass is 166 g/mol. The number of amidine groups is 1. The molecule has 0 saturated carbocycles. The molecule has 0 aliphatic carbocycles. The Kier molecular flexibility index (Phi) is 13.7. The maximum atomic E-state index is 6.28. The Bertz CT molecular complexity index is 140. The molecule has 0 heterocycles. The summed E-state index contributed by atoms with van der Waals surface area (Å²) in [5.74, 6) is 0.167. The van der Waals surface area contributed by atoms with Crippen molar-refractivity contribution in [3.63, 3.8) is 0 Å². The molecule has 3 N–H and O–H groups in total. The second kappa shape index (κ2) is 12.4. The summed E-state index contributed by atoms with van der Waals surface area (Å²) in [4.78, 5) is 0. The third-order valence-electron chi connectivity index (χ3n) is 0.667. The molecule has 0 aliphatic heterocycles. The van der Waals surface area contributed by atoms with Crippen LogP contribution in [0.5, 0.6) is 0 Å². The largest absolute Gasteiger partial charge is 0.388 e. The summed E-state index contributed by atoms with van der Waals surface area (Å²) in [5, 5.41) is 6.28. The van der Waals surface area contributed by atoms with Crippen LogP contribution in [0.1, 0.15) is 20.8 Å². The second-order valence-electron chi connectivity index (χ2n) is 1.84. The molecule has 0 amide bonds. The van der Waals surface area contributed by atoms with Crippen LogP contribution in [0.3, 0.4) is 0 Å². The Hall–Kier alpha value is -1.31. The predicted octanol–water partition coefficient (Wildman–Crippen LogP) is 2.66. The van der Waals surface area contributed by atoms with Crippen LogP contribution in [0, 0.1) is 5.41 Å². The summed E-state index contributed by atoms with van der Waals surface area (Å²) in [5.41, 5.74) is 4.69. The zero-order chi connectivity index (χ0) is 9.82. The summed E-state index contributed by atoms with van der Waals surface area (Å²) < 4.78 is 0. The fourth-order valence-electron chi connectivity index (χ4n) is 0.385. The molecular weight excluding hydrogens is 148 g/mol. The molecule has 0 fully saturated rings. The zero-order valence-electron chi connectivity index (χ0n) is 8.04. The van der Waals surface area contributed by atoms with E-state index in [1.165, 1.54) is 6.92 Å². The average Bonchev–Trinajstić information content (AvgIpc) is 2.10. The van der Waals surface area contributed by atoms with Gasteiger partial charge < -0.3 is 5.73 Å². The van der Waals surface area contributed by atoms with E-state index in [1.54, 1.807) is 0 Å². The van der Waals surface area contributed by atoms with Gasteiger partial charge in [0, 0.05) is 0 Å². The van der Waals surface area contributed by atoms with Gasteiger partial charge in [0.15, 0.2) is 0 Å². The molecule has 2 heteroatoms. The van der Waals surface area contributed by atoms with Gasteiger partial charge in [0.1, 0.15) is 0 Å². The molecule has 1 aromatic carbocycles. The highest BCUT2D eigenvalue weighted by atomic mass is 14.7. The van der Waals surface area contributed by atoms with Crippen LogP contribution in [-0.4, -0.2) is 5.84 Å². The number of nitrogens with two attached hydrogens (primary N) is 1. The van der Waals surface area contributed by atoms with Gasteiger partial charge in [-0.15, -0.1) is 0 Å². The Balaban J connectivity index is 0. The predicted molar refractivity (Wildman–Crippen MR) is 55.4 cm³/mol. The summed E-state index contributed by atoms with van der Waals surface area (Å²) in [7, 11) is 0. The molecule has 0 spiro atoms. The van der Waals surface area contributed by atoms with Gasteiger partial charge in [-0.2, -0.15) is 0 Å². The summed E-state index contributed by atoms with van der Waals surface area (Å²) in [6, 6.07) is 12.0. The highest BCUT2D eigenvalue weighted by molar-refractivity contribution is 5.73. The number of hydrogen-bond acceptors (Lipinski definition) is 1. The van der Waals surface area contributed by atoms with E-state index in [9.17, 15) is 0 Å². The molecular formula is C10H18N2. The van der Waals surface area contributed by atoms with Crippen LogP contribution in [0.2, 0.25) is 0 Å². The third kappa shape index (κ3) is 23.4. The molecule has 0 bridgehead atoms. The van der Waals surface area contributed by atoms with E-state index < -0.39 is 0 Å². The molecule has 12 heavy (non-hydrogen) atoms. The van der Waals surface area contributed by atoms with Crippen molar-refractivity contribution in [2.75, 3.05) is 0 Å². The standard InChI is InChI=1S/C6H6.C2H6N2.C2H6/c1-2-4-6-5-3-1;1-2(3)4;1-2/h1-6H;1H3,(H3,3,4);1-2H3. The summed E-state index contributed by atoms with van der Waals surface area (Å²) in [6.45, 7) is 5.53. The van der Waals surface area contributed by atoms with Gasteiger partial charge >= 0.3 is 0 Å². The van der Waals surface area contributed by atoms with Crippen molar-refractivity contribution >= 4 is 5.84 Å². The van der Waals surface area contributed by atoms with Crippen molar-refractivity contribution in [3.8, 4) is 0 Å². The quantitative estimate of drug-likeness (QED) is 0.452. The highest BCUT2D eigenvalue weighted by Gasteiger charge is 1.57. The molecule has 0 unspecified atom stereocenters. The van der Waals surface area contributed by atoms with Crippen molar-refractivity contribution in [2.24, 2.45) is 5.73 Å².